The molecule has 1 aliphatic heterocycles. The van der Waals surface area contributed by atoms with Gasteiger partial charge in [0.1, 0.15) is 0 Å². The molecule has 0 bridgehead atoms. The van der Waals surface area contributed by atoms with Crippen LogP contribution in [-0.4, -0.2) is 62.3 Å². The Morgan fingerprint density at radius 1 is 1.56 bits per heavy atom. The van der Waals surface area contributed by atoms with E-state index in [2.05, 4.69) is 29.5 Å². The Bertz CT molecular complexity index is 275. The summed E-state index contributed by atoms with van der Waals surface area (Å²) >= 11 is 0. The van der Waals surface area contributed by atoms with Gasteiger partial charge >= 0.3 is 0 Å². The van der Waals surface area contributed by atoms with Gasteiger partial charge in [0.2, 0.25) is 5.91 Å². The molecule has 0 radical (unpaired) electrons. The van der Waals surface area contributed by atoms with E-state index in [4.69, 9.17) is 4.74 Å². The molecule has 0 aromatic heterocycles. The molecule has 1 aliphatic carbocycles. The van der Waals surface area contributed by atoms with Crippen molar-refractivity contribution in [1.82, 2.24) is 15.5 Å². The summed E-state index contributed by atoms with van der Waals surface area (Å²) in [6.45, 7) is 5.14. The summed E-state index contributed by atoms with van der Waals surface area (Å²) in [5.41, 5.74) is 0. The first-order valence-electron chi connectivity index (χ1n) is 6.96. The molecule has 18 heavy (non-hydrogen) atoms. The minimum atomic E-state index is 0.119. The topological polar surface area (TPSA) is 53.6 Å². The first kappa shape index (κ1) is 13.8. The highest BCUT2D eigenvalue weighted by atomic mass is 16.5. The summed E-state index contributed by atoms with van der Waals surface area (Å²) < 4.78 is 5.34. The molecule has 1 heterocycles. The van der Waals surface area contributed by atoms with Crippen molar-refractivity contribution in [3.63, 3.8) is 0 Å². The smallest absolute Gasteiger partial charge is 0.221 e. The van der Waals surface area contributed by atoms with Gasteiger partial charge < -0.3 is 15.4 Å². The third-order valence-corrected chi connectivity index (χ3v) is 3.84. The average molecular weight is 255 g/mol. The van der Waals surface area contributed by atoms with E-state index in [1.54, 1.807) is 0 Å². The summed E-state index contributed by atoms with van der Waals surface area (Å²) in [4.78, 5) is 14.2. The molecule has 2 fully saturated rings. The summed E-state index contributed by atoms with van der Waals surface area (Å²) in [5.74, 6) is 0.119. The number of hydrogen-bond acceptors (Lipinski definition) is 4. The number of likely N-dealkylation sites (N-methyl/N-ethyl adjacent to an activating group) is 1. The van der Waals surface area contributed by atoms with Gasteiger partial charge in [0, 0.05) is 37.6 Å². The number of ether oxygens (including phenoxy) is 1. The molecule has 2 unspecified atom stereocenters. The van der Waals surface area contributed by atoms with Gasteiger partial charge in [-0.15, -0.1) is 0 Å². The van der Waals surface area contributed by atoms with Crippen molar-refractivity contribution in [3.05, 3.63) is 0 Å². The molecule has 1 saturated heterocycles. The number of nitrogens with one attached hydrogen (secondary N) is 2. The second kappa shape index (κ2) is 6.50. The molecule has 0 aromatic rings. The predicted octanol–water partition coefficient (Wildman–Crippen LogP) is -0.0362. The molecule has 2 atom stereocenters. The molecule has 5 heteroatoms. The van der Waals surface area contributed by atoms with Crippen molar-refractivity contribution in [2.75, 3.05) is 33.4 Å². The maximum atomic E-state index is 11.8. The van der Waals surface area contributed by atoms with Gasteiger partial charge in [-0.25, -0.2) is 0 Å². The Morgan fingerprint density at radius 2 is 2.33 bits per heavy atom. The Hall–Kier alpha value is -0.650. The molecule has 0 aromatic carbocycles. The number of morpholine rings is 1. The van der Waals surface area contributed by atoms with Crippen molar-refractivity contribution in [2.45, 2.75) is 44.3 Å². The third kappa shape index (κ3) is 4.23. The SMILES string of the molecule is CC(CNC(=O)CC1COCCN1)N(C)C1CC1. The van der Waals surface area contributed by atoms with E-state index in [1.807, 2.05) is 0 Å². The molecule has 2 aliphatic rings. The minimum absolute atomic E-state index is 0.119. The minimum Gasteiger partial charge on any atom is -0.378 e. The Labute approximate surface area is 109 Å². The van der Waals surface area contributed by atoms with Crippen LogP contribution < -0.4 is 10.6 Å². The van der Waals surface area contributed by atoms with Crippen molar-refractivity contribution in [1.29, 1.82) is 0 Å². The average Bonchev–Trinajstić information content (AvgIpc) is 3.20. The van der Waals surface area contributed by atoms with Crippen LogP contribution in [0.5, 0.6) is 0 Å². The van der Waals surface area contributed by atoms with Gasteiger partial charge in [-0.3, -0.25) is 9.69 Å². The van der Waals surface area contributed by atoms with Gasteiger partial charge in [-0.2, -0.15) is 0 Å². The lowest BCUT2D eigenvalue weighted by Crippen LogP contribution is -2.46. The molecular formula is C13H25N3O2. The van der Waals surface area contributed by atoms with E-state index in [-0.39, 0.29) is 11.9 Å². The van der Waals surface area contributed by atoms with Gasteiger partial charge in [0.25, 0.3) is 0 Å². The molecule has 1 amide bonds. The third-order valence-electron chi connectivity index (χ3n) is 3.84. The molecule has 104 valence electrons. The van der Waals surface area contributed by atoms with E-state index in [1.165, 1.54) is 12.8 Å². The summed E-state index contributed by atoms with van der Waals surface area (Å²) in [6, 6.07) is 1.33. The summed E-state index contributed by atoms with van der Waals surface area (Å²) in [5, 5.41) is 6.31. The van der Waals surface area contributed by atoms with Crippen LogP contribution in [0.25, 0.3) is 0 Å². The van der Waals surface area contributed by atoms with Crippen molar-refractivity contribution >= 4 is 5.91 Å². The number of rotatable bonds is 6. The number of carbonyl (C=O) groups is 1. The number of amides is 1. The maximum Gasteiger partial charge on any atom is 0.221 e. The normalized spacial score (nSPS) is 26.1. The molecule has 0 spiro atoms. The van der Waals surface area contributed by atoms with Crippen LogP contribution in [0.1, 0.15) is 26.2 Å². The fourth-order valence-corrected chi connectivity index (χ4v) is 2.29. The first-order valence-corrected chi connectivity index (χ1v) is 6.96. The van der Waals surface area contributed by atoms with Gasteiger partial charge in [-0.1, -0.05) is 0 Å². The standard InChI is InChI=1S/C13H25N3O2/c1-10(16(2)12-3-4-12)8-15-13(17)7-11-9-18-6-5-14-11/h10-12,14H,3-9H2,1-2H3,(H,15,17). The fraction of sp³-hybridized carbons (Fsp3) is 0.923. The second-order valence-corrected chi connectivity index (χ2v) is 5.48. The fourth-order valence-electron chi connectivity index (χ4n) is 2.29. The molecular weight excluding hydrogens is 230 g/mol. The Kier molecular flexibility index (Phi) is 4.97. The second-order valence-electron chi connectivity index (χ2n) is 5.48. The highest BCUT2D eigenvalue weighted by Crippen LogP contribution is 2.26. The predicted molar refractivity (Wildman–Crippen MR) is 70.5 cm³/mol. The van der Waals surface area contributed by atoms with Crippen LogP contribution in [0, 0.1) is 0 Å². The zero-order chi connectivity index (χ0) is 13.0. The largest absolute Gasteiger partial charge is 0.378 e. The van der Waals surface area contributed by atoms with E-state index < -0.39 is 0 Å². The Morgan fingerprint density at radius 3 is 2.94 bits per heavy atom. The van der Waals surface area contributed by atoms with E-state index >= 15 is 0 Å². The van der Waals surface area contributed by atoms with Crippen molar-refractivity contribution in [2.24, 2.45) is 0 Å². The van der Waals surface area contributed by atoms with E-state index in [0.29, 0.717) is 19.1 Å². The monoisotopic (exact) mass is 255 g/mol. The van der Waals surface area contributed by atoms with Crippen LogP contribution in [-0.2, 0) is 9.53 Å². The highest BCUT2D eigenvalue weighted by molar-refractivity contribution is 5.76. The number of carbonyl (C=O) groups excluding carboxylic acids is 1. The molecule has 5 nitrogen and oxygen atoms in total. The van der Waals surface area contributed by atoms with E-state index in [0.717, 1.165) is 25.7 Å². The van der Waals surface area contributed by atoms with E-state index in [9.17, 15) is 4.79 Å². The lowest BCUT2D eigenvalue weighted by atomic mass is 10.2. The van der Waals surface area contributed by atoms with Crippen LogP contribution in [0.2, 0.25) is 0 Å². The van der Waals surface area contributed by atoms with Gasteiger partial charge in [0.15, 0.2) is 0 Å². The first-order chi connectivity index (χ1) is 8.66. The van der Waals surface area contributed by atoms with Crippen LogP contribution >= 0.6 is 0 Å². The Balaban J connectivity index is 1.61. The maximum absolute atomic E-state index is 11.8. The zero-order valence-corrected chi connectivity index (χ0v) is 11.4. The number of nitrogens with zero attached hydrogens (tertiary/aromatic N) is 1. The quantitative estimate of drug-likeness (QED) is 0.699. The number of hydrogen-bond donors (Lipinski definition) is 2. The van der Waals surface area contributed by atoms with Gasteiger partial charge in [-0.05, 0) is 26.8 Å². The zero-order valence-electron chi connectivity index (χ0n) is 11.4. The highest BCUT2D eigenvalue weighted by Gasteiger charge is 2.29. The van der Waals surface area contributed by atoms with Gasteiger partial charge in [0.05, 0.1) is 13.2 Å². The lowest BCUT2D eigenvalue weighted by Gasteiger charge is -2.26. The molecule has 2 rings (SSSR count). The van der Waals surface area contributed by atoms with Crippen LogP contribution in [0.15, 0.2) is 0 Å². The van der Waals surface area contributed by atoms with Crippen LogP contribution in [0.3, 0.4) is 0 Å². The summed E-state index contributed by atoms with van der Waals surface area (Å²) in [7, 11) is 2.14. The molecule has 2 N–H and O–H groups in total. The van der Waals surface area contributed by atoms with Crippen molar-refractivity contribution < 1.29 is 9.53 Å². The lowest BCUT2D eigenvalue weighted by molar-refractivity contribution is -0.122. The van der Waals surface area contributed by atoms with Crippen LogP contribution in [0.4, 0.5) is 0 Å². The van der Waals surface area contributed by atoms with Crippen molar-refractivity contribution in [3.8, 4) is 0 Å². The summed E-state index contributed by atoms with van der Waals surface area (Å²) in [6.07, 6.45) is 3.12. The molecule has 1 saturated carbocycles.